The van der Waals surface area contributed by atoms with Gasteiger partial charge in [0, 0.05) is 25.7 Å². The zero-order valence-corrected chi connectivity index (χ0v) is 16.0. The number of nitrogens with one attached hydrogen (secondary N) is 2. The lowest BCUT2D eigenvalue weighted by Gasteiger charge is -2.34. The number of amides is 1. The number of carbonyl (C=O) groups is 1. The Kier molecular flexibility index (Phi) is 7.81. The van der Waals surface area contributed by atoms with Gasteiger partial charge in [-0.15, -0.1) is 0 Å². The molecule has 0 aliphatic carbocycles. The number of aryl methyl sites for hydroxylation is 1. The zero-order valence-electron chi connectivity index (χ0n) is 15.2. The second-order valence-corrected chi connectivity index (χ2v) is 6.07. The summed E-state index contributed by atoms with van der Waals surface area (Å²) in [6.07, 6.45) is 1.47. The minimum Gasteiger partial charge on any atom is -0.312 e. The molecule has 26 heavy (non-hydrogen) atoms. The van der Waals surface area contributed by atoms with Crippen LogP contribution in [0.2, 0.25) is 0 Å². The average Bonchev–Trinajstić information content (AvgIpc) is 2.58. The van der Waals surface area contributed by atoms with Crippen LogP contribution in [-0.4, -0.2) is 38.0 Å². The number of nitrogens with zero attached hydrogens (tertiary/aromatic N) is 3. The Morgan fingerprint density at radius 1 is 1.42 bits per heavy atom. The second kappa shape index (κ2) is 9.37. The van der Waals surface area contributed by atoms with Crippen LogP contribution in [0.1, 0.15) is 44.1 Å². The van der Waals surface area contributed by atoms with E-state index >= 15 is 0 Å². The van der Waals surface area contributed by atoms with E-state index in [4.69, 9.17) is 12.2 Å². The van der Waals surface area contributed by atoms with E-state index in [-0.39, 0.29) is 29.3 Å². The Hall–Kier alpha value is -2.36. The summed E-state index contributed by atoms with van der Waals surface area (Å²) in [7, 11) is 1.41. The van der Waals surface area contributed by atoms with Crippen molar-refractivity contribution in [2.24, 2.45) is 7.05 Å². The molecule has 1 rings (SSSR count). The fraction of sp³-hybridized carbons (Fsp3) is 0.500. The van der Waals surface area contributed by atoms with Gasteiger partial charge in [-0.05, 0) is 38.0 Å². The third kappa shape index (κ3) is 5.87. The molecule has 0 fully saturated rings. The summed E-state index contributed by atoms with van der Waals surface area (Å²) in [5.74, 6) is -3.42. The lowest BCUT2D eigenvalue weighted by Crippen LogP contribution is -2.55. The van der Waals surface area contributed by atoms with Crippen molar-refractivity contribution >= 4 is 23.2 Å². The van der Waals surface area contributed by atoms with Crippen LogP contribution in [0.25, 0.3) is 0 Å². The topological polar surface area (TPSA) is 79.3 Å². The largest absolute Gasteiger partial charge is 0.312 e. The van der Waals surface area contributed by atoms with E-state index in [1.807, 2.05) is 6.92 Å². The van der Waals surface area contributed by atoms with E-state index < -0.39 is 17.5 Å². The third-order valence-electron chi connectivity index (χ3n) is 3.45. The molecule has 1 unspecified atom stereocenters. The number of hydrogen-bond donors (Lipinski definition) is 2. The Bertz CT molecular complexity index is 748. The van der Waals surface area contributed by atoms with Crippen molar-refractivity contribution < 1.29 is 13.6 Å². The number of thiocarbonyl (C=S) groups is 1. The molecule has 144 valence electrons. The molecule has 0 aliphatic heterocycles. The molecule has 2 N–H and O–H groups in total. The monoisotopic (exact) mass is 387 g/mol. The molecular weight excluding hydrogens is 364 g/mol. The van der Waals surface area contributed by atoms with Crippen molar-refractivity contribution in [1.29, 1.82) is 0 Å². The van der Waals surface area contributed by atoms with E-state index in [1.54, 1.807) is 6.92 Å². The van der Waals surface area contributed by atoms with E-state index in [9.17, 15) is 18.4 Å². The maximum atomic E-state index is 14.9. The number of alkyl halides is 1. The van der Waals surface area contributed by atoms with Crippen LogP contribution in [0, 0.1) is 0 Å². The van der Waals surface area contributed by atoms with Crippen LogP contribution >= 0.6 is 12.2 Å². The molecule has 1 aromatic heterocycles. The van der Waals surface area contributed by atoms with Crippen LogP contribution in [0.15, 0.2) is 28.8 Å². The number of hydrogen-bond acceptors (Lipinski definition) is 4. The lowest BCUT2D eigenvalue weighted by atomic mass is 10.2. The van der Waals surface area contributed by atoms with Gasteiger partial charge in [0.1, 0.15) is 5.83 Å². The van der Waals surface area contributed by atoms with Gasteiger partial charge in [-0.1, -0.05) is 13.8 Å². The number of allylic oxidation sites excluding steroid dienone is 1. The highest BCUT2D eigenvalue weighted by Gasteiger charge is 2.31. The molecule has 7 nitrogen and oxygen atoms in total. The summed E-state index contributed by atoms with van der Waals surface area (Å²) < 4.78 is 29.4. The predicted molar refractivity (Wildman–Crippen MR) is 98.7 cm³/mol. The Balaban J connectivity index is 2.85. The Morgan fingerprint density at radius 3 is 2.62 bits per heavy atom. The first-order valence-electron chi connectivity index (χ1n) is 8.10. The third-order valence-corrected chi connectivity index (χ3v) is 3.78. The quantitative estimate of drug-likeness (QED) is 0.441. The van der Waals surface area contributed by atoms with Gasteiger partial charge in [0.05, 0.1) is 0 Å². The fourth-order valence-electron chi connectivity index (χ4n) is 2.07. The van der Waals surface area contributed by atoms with Gasteiger partial charge in [-0.2, -0.15) is 5.10 Å². The fourth-order valence-corrected chi connectivity index (χ4v) is 2.39. The molecule has 1 amide bonds. The SMILES string of the molecule is CCCN(C(=S)NNC(=O)c1ccc(=O)n(C)n1)C(C)(F)/C=C(/F)CC. The molecule has 0 bridgehead atoms. The minimum atomic E-state index is -2.17. The van der Waals surface area contributed by atoms with Crippen LogP contribution in [0.5, 0.6) is 0 Å². The summed E-state index contributed by atoms with van der Waals surface area (Å²) in [6, 6.07) is 2.45. The number of rotatable bonds is 6. The van der Waals surface area contributed by atoms with Gasteiger partial charge in [0.2, 0.25) is 5.79 Å². The molecule has 1 aromatic rings. The number of carbonyl (C=O) groups excluding carboxylic acids is 1. The highest BCUT2D eigenvalue weighted by atomic mass is 32.1. The van der Waals surface area contributed by atoms with Gasteiger partial charge in [-0.3, -0.25) is 20.4 Å². The normalized spacial score (nSPS) is 13.7. The lowest BCUT2D eigenvalue weighted by molar-refractivity contribution is 0.0807. The Labute approximate surface area is 156 Å². The maximum Gasteiger partial charge on any atom is 0.290 e. The van der Waals surface area contributed by atoms with Gasteiger partial charge < -0.3 is 4.90 Å². The smallest absolute Gasteiger partial charge is 0.290 e. The number of halogens is 2. The van der Waals surface area contributed by atoms with Crippen molar-refractivity contribution in [3.8, 4) is 0 Å². The second-order valence-electron chi connectivity index (χ2n) is 5.69. The molecule has 0 radical (unpaired) electrons. The highest BCUT2D eigenvalue weighted by Crippen LogP contribution is 2.22. The van der Waals surface area contributed by atoms with Gasteiger partial charge >= 0.3 is 0 Å². The molecular formula is C16H23F2N5O2S. The maximum absolute atomic E-state index is 14.9. The highest BCUT2D eigenvalue weighted by molar-refractivity contribution is 7.80. The standard InChI is InChI=1S/C16H23F2N5O2S/c1-5-9-23(16(3,18)10-11(17)6-2)15(26)20-19-14(25)12-7-8-13(24)22(4)21-12/h7-8,10H,5-6,9H2,1-4H3,(H,19,25)(H,20,26)/b11-10+. The van der Waals surface area contributed by atoms with Crippen LogP contribution in [-0.2, 0) is 7.05 Å². The summed E-state index contributed by atoms with van der Waals surface area (Å²) >= 11 is 5.13. The van der Waals surface area contributed by atoms with Crippen molar-refractivity contribution in [3.63, 3.8) is 0 Å². The van der Waals surface area contributed by atoms with Gasteiger partial charge in [-0.25, -0.2) is 13.5 Å². The van der Waals surface area contributed by atoms with E-state index in [2.05, 4.69) is 16.0 Å². The number of aromatic nitrogens is 2. The van der Waals surface area contributed by atoms with Crippen LogP contribution in [0.3, 0.4) is 0 Å². The van der Waals surface area contributed by atoms with Crippen LogP contribution < -0.4 is 16.4 Å². The van der Waals surface area contributed by atoms with Crippen molar-refractivity contribution in [2.75, 3.05) is 6.54 Å². The van der Waals surface area contributed by atoms with Crippen molar-refractivity contribution in [3.05, 3.63) is 40.1 Å². The predicted octanol–water partition coefficient (Wildman–Crippen LogP) is 1.96. The first-order valence-corrected chi connectivity index (χ1v) is 8.51. The molecule has 1 heterocycles. The van der Waals surface area contributed by atoms with Crippen molar-refractivity contribution in [1.82, 2.24) is 25.5 Å². The summed E-state index contributed by atoms with van der Waals surface area (Å²) in [5.41, 5.74) is 4.34. The van der Waals surface area contributed by atoms with E-state index in [0.717, 1.165) is 15.7 Å². The first-order chi connectivity index (χ1) is 12.1. The van der Waals surface area contributed by atoms with Gasteiger partial charge in [0.25, 0.3) is 11.5 Å². The first kappa shape index (κ1) is 21.7. The summed E-state index contributed by atoms with van der Waals surface area (Å²) in [4.78, 5) is 24.5. The average molecular weight is 387 g/mol. The molecule has 0 aromatic carbocycles. The number of hydrazine groups is 1. The Morgan fingerprint density at radius 2 is 2.08 bits per heavy atom. The minimum absolute atomic E-state index is 0.0237. The molecule has 0 saturated carbocycles. The van der Waals surface area contributed by atoms with Crippen molar-refractivity contribution in [2.45, 2.75) is 39.4 Å². The summed E-state index contributed by atoms with van der Waals surface area (Å²) in [5, 5.41) is 3.68. The van der Waals surface area contributed by atoms with E-state index in [0.29, 0.717) is 6.42 Å². The van der Waals surface area contributed by atoms with Crippen LogP contribution in [0.4, 0.5) is 8.78 Å². The molecule has 0 aliphatic rings. The molecule has 10 heteroatoms. The van der Waals surface area contributed by atoms with E-state index in [1.165, 1.54) is 26.1 Å². The molecule has 0 spiro atoms. The summed E-state index contributed by atoms with van der Waals surface area (Å²) in [6.45, 7) is 4.78. The zero-order chi connectivity index (χ0) is 19.9. The molecule has 0 saturated heterocycles. The molecule has 1 atom stereocenters. The van der Waals surface area contributed by atoms with Gasteiger partial charge in [0.15, 0.2) is 10.8 Å².